The zero-order valence-electron chi connectivity index (χ0n) is 10.8. The molecule has 1 saturated carbocycles. The molecule has 4 heteroatoms. The first-order valence-electron chi connectivity index (χ1n) is 6.61. The molecule has 100 valence electrons. The van der Waals surface area contributed by atoms with Crippen molar-refractivity contribution in [3.05, 3.63) is 58.4 Å². The van der Waals surface area contributed by atoms with Crippen molar-refractivity contribution in [2.75, 3.05) is 5.73 Å². The first-order valence-corrected chi connectivity index (χ1v) is 7.40. The van der Waals surface area contributed by atoms with Crippen molar-refractivity contribution in [3.63, 3.8) is 0 Å². The summed E-state index contributed by atoms with van der Waals surface area (Å²) in [4.78, 5) is 4.67. The van der Waals surface area contributed by atoms with E-state index in [0.717, 1.165) is 28.7 Å². The maximum absolute atomic E-state index is 6.01. The fraction of sp³-hybridized carbons (Fsp3) is 0.188. The van der Waals surface area contributed by atoms with E-state index < -0.39 is 0 Å². The number of rotatable bonds is 2. The largest absolute Gasteiger partial charge is 0.438 e. The highest BCUT2D eigenvalue weighted by molar-refractivity contribution is 9.10. The Morgan fingerprint density at radius 2 is 1.90 bits per heavy atom. The molecule has 0 atom stereocenters. The van der Waals surface area contributed by atoms with Gasteiger partial charge in [-0.05, 0) is 30.5 Å². The molecular weight excluding hydrogens is 316 g/mol. The van der Waals surface area contributed by atoms with Crippen LogP contribution < -0.4 is 5.73 Å². The molecule has 0 unspecified atom stereocenters. The lowest BCUT2D eigenvalue weighted by Crippen LogP contribution is -2.08. The van der Waals surface area contributed by atoms with Gasteiger partial charge in [0.15, 0.2) is 5.58 Å². The number of oxazole rings is 1. The van der Waals surface area contributed by atoms with Gasteiger partial charge in [0.25, 0.3) is 0 Å². The van der Waals surface area contributed by atoms with Crippen LogP contribution in [0.5, 0.6) is 0 Å². The second-order valence-electron chi connectivity index (χ2n) is 5.31. The van der Waals surface area contributed by atoms with Gasteiger partial charge in [0.2, 0.25) is 5.89 Å². The Kier molecular flexibility index (Phi) is 2.45. The Morgan fingerprint density at radius 1 is 1.15 bits per heavy atom. The van der Waals surface area contributed by atoms with Crippen LogP contribution in [0.1, 0.15) is 24.3 Å². The standard InChI is InChI=1S/C16H13BrN2O/c17-11-8-12(18)14-13(9-11)19-15(20-14)16(6-7-16)10-4-2-1-3-5-10/h1-5,8-9H,6-7,18H2. The first-order chi connectivity index (χ1) is 9.69. The lowest BCUT2D eigenvalue weighted by molar-refractivity contribution is 0.492. The van der Waals surface area contributed by atoms with Crippen LogP contribution in [0.4, 0.5) is 5.69 Å². The fourth-order valence-corrected chi connectivity index (χ4v) is 3.20. The minimum atomic E-state index is -0.0564. The molecule has 3 aromatic rings. The van der Waals surface area contributed by atoms with Crippen LogP contribution in [0.15, 0.2) is 51.4 Å². The minimum absolute atomic E-state index is 0.0564. The van der Waals surface area contributed by atoms with Crippen LogP contribution in [0, 0.1) is 0 Å². The third-order valence-corrected chi connectivity index (χ3v) is 4.43. The molecule has 20 heavy (non-hydrogen) atoms. The predicted molar refractivity (Wildman–Crippen MR) is 82.6 cm³/mol. The van der Waals surface area contributed by atoms with Gasteiger partial charge in [0.05, 0.1) is 11.1 Å². The Bertz CT molecular complexity index is 791. The number of hydrogen-bond acceptors (Lipinski definition) is 3. The van der Waals surface area contributed by atoms with Gasteiger partial charge in [-0.2, -0.15) is 0 Å². The van der Waals surface area contributed by atoms with Crippen molar-refractivity contribution in [3.8, 4) is 0 Å². The topological polar surface area (TPSA) is 52.0 Å². The molecule has 0 saturated heterocycles. The fourth-order valence-electron chi connectivity index (χ4n) is 2.74. The average molecular weight is 329 g/mol. The number of halogens is 1. The summed E-state index contributed by atoms with van der Waals surface area (Å²) in [5.41, 5.74) is 9.34. The molecule has 0 spiro atoms. The number of benzene rings is 2. The lowest BCUT2D eigenvalue weighted by atomic mass is 9.96. The van der Waals surface area contributed by atoms with Gasteiger partial charge in [-0.1, -0.05) is 46.3 Å². The van der Waals surface area contributed by atoms with E-state index in [1.165, 1.54) is 5.56 Å². The zero-order chi connectivity index (χ0) is 13.7. The van der Waals surface area contributed by atoms with Crippen molar-refractivity contribution in [2.24, 2.45) is 0 Å². The van der Waals surface area contributed by atoms with Crippen LogP contribution >= 0.6 is 15.9 Å². The van der Waals surface area contributed by atoms with Crippen LogP contribution in [0.3, 0.4) is 0 Å². The van der Waals surface area contributed by atoms with Gasteiger partial charge >= 0.3 is 0 Å². The molecule has 0 aliphatic heterocycles. The van der Waals surface area contributed by atoms with E-state index in [9.17, 15) is 0 Å². The molecular formula is C16H13BrN2O. The number of nitrogens with two attached hydrogens (primary N) is 1. The summed E-state index contributed by atoms with van der Waals surface area (Å²) in [7, 11) is 0. The van der Waals surface area contributed by atoms with Crippen molar-refractivity contribution in [2.45, 2.75) is 18.3 Å². The molecule has 1 aliphatic carbocycles. The molecule has 2 N–H and O–H groups in total. The van der Waals surface area contributed by atoms with E-state index in [4.69, 9.17) is 10.2 Å². The van der Waals surface area contributed by atoms with E-state index in [0.29, 0.717) is 11.3 Å². The molecule has 4 rings (SSSR count). The Morgan fingerprint density at radius 3 is 2.60 bits per heavy atom. The minimum Gasteiger partial charge on any atom is -0.438 e. The van der Waals surface area contributed by atoms with Gasteiger partial charge in [-0.25, -0.2) is 4.98 Å². The maximum atomic E-state index is 6.01. The van der Waals surface area contributed by atoms with E-state index in [1.807, 2.05) is 18.2 Å². The number of aromatic nitrogens is 1. The smallest absolute Gasteiger partial charge is 0.206 e. The highest BCUT2D eigenvalue weighted by Crippen LogP contribution is 2.53. The molecule has 1 fully saturated rings. The molecule has 1 aromatic heterocycles. The second-order valence-corrected chi connectivity index (χ2v) is 6.23. The number of nitrogens with zero attached hydrogens (tertiary/aromatic N) is 1. The van der Waals surface area contributed by atoms with Crippen molar-refractivity contribution in [1.29, 1.82) is 0 Å². The summed E-state index contributed by atoms with van der Waals surface area (Å²) in [6.07, 6.45) is 2.15. The van der Waals surface area contributed by atoms with Crippen LogP contribution in [-0.2, 0) is 5.41 Å². The van der Waals surface area contributed by atoms with Crippen molar-refractivity contribution >= 4 is 32.7 Å². The van der Waals surface area contributed by atoms with Crippen LogP contribution in [-0.4, -0.2) is 4.98 Å². The molecule has 0 radical (unpaired) electrons. The monoisotopic (exact) mass is 328 g/mol. The average Bonchev–Trinajstić information content (AvgIpc) is 3.14. The highest BCUT2D eigenvalue weighted by atomic mass is 79.9. The summed E-state index contributed by atoms with van der Waals surface area (Å²) in [5, 5.41) is 0. The maximum Gasteiger partial charge on any atom is 0.206 e. The van der Waals surface area contributed by atoms with Crippen molar-refractivity contribution in [1.82, 2.24) is 4.98 Å². The summed E-state index contributed by atoms with van der Waals surface area (Å²) in [6, 6.07) is 14.2. The highest BCUT2D eigenvalue weighted by Gasteiger charge is 2.50. The van der Waals surface area contributed by atoms with Gasteiger partial charge in [0, 0.05) is 4.47 Å². The number of anilines is 1. The van der Waals surface area contributed by atoms with Crippen LogP contribution in [0.2, 0.25) is 0 Å². The molecule has 3 nitrogen and oxygen atoms in total. The van der Waals surface area contributed by atoms with Gasteiger partial charge in [-0.3, -0.25) is 0 Å². The number of fused-ring (bicyclic) bond motifs is 1. The summed E-state index contributed by atoms with van der Waals surface area (Å²) in [5.74, 6) is 0.781. The lowest BCUT2D eigenvalue weighted by Gasteiger charge is -2.10. The number of nitrogen functional groups attached to an aromatic ring is 1. The predicted octanol–water partition coefficient (Wildman–Crippen LogP) is 4.25. The van der Waals surface area contributed by atoms with Gasteiger partial charge in [0.1, 0.15) is 5.52 Å². The van der Waals surface area contributed by atoms with Crippen LogP contribution in [0.25, 0.3) is 11.1 Å². The quantitative estimate of drug-likeness (QED) is 0.715. The van der Waals surface area contributed by atoms with Gasteiger partial charge < -0.3 is 10.2 Å². The Labute approximate surface area is 124 Å². The third kappa shape index (κ3) is 1.68. The normalized spacial score (nSPS) is 16.4. The van der Waals surface area contributed by atoms with Crippen molar-refractivity contribution < 1.29 is 4.42 Å². The van der Waals surface area contributed by atoms with E-state index in [2.05, 4.69) is 45.2 Å². The third-order valence-electron chi connectivity index (χ3n) is 3.97. The van der Waals surface area contributed by atoms with E-state index >= 15 is 0 Å². The van der Waals surface area contributed by atoms with Gasteiger partial charge in [-0.15, -0.1) is 0 Å². The first kappa shape index (κ1) is 12.0. The molecule has 1 aliphatic rings. The Balaban J connectivity index is 1.89. The number of hydrogen-bond donors (Lipinski definition) is 1. The van der Waals surface area contributed by atoms with E-state index in [1.54, 1.807) is 0 Å². The SMILES string of the molecule is Nc1cc(Br)cc2nc(C3(c4ccccc4)CC3)oc12. The summed E-state index contributed by atoms with van der Waals surface area (Å²) < 4.78 is 6.90. The Hall–Kier alpha value is -1.81. The molecule has 2 aromatic carbocycles. The molecule has 0 bridgehead atoms. The van der Waals surface area contributed by atoms with E-state index in [-0.39, 0.29) is 5.41 Å². The molecule has 0 amide bonds. The summed E-state index contributed by atoms with van der Waals surface area (Å²) in [6.45, 7) is 0. The zero-order valence-corrected chi connectivity index (χ0v) is 12.4. The summed E-state index contributed by atoms with van der Waals surface area (Å²) >= 11 is 3.44. The second kappa shape index (κ2) is 4.09. The molecule has 1 heterocycles.